The first-order valence-corrected chi connectivity index (χ1v) is 7.19. The molecule has 1 unspecified atom stereocenters. The smallest absolute Gasteiger partial charge is 0.258 e. The van der Waals surface area contributed by atoms with E-state index in [1.54, 1.807) is 17.0 Å². The molecule has 0 N–H and O–H groups in total. The average molecular weight is 329 g/mol. The zero-order valence-corrected chi connectivity index (χ0v) is 12.8. The highest BCUT2D eigenvalue weighted by Crippen LogP contribution is 2.23. The highest BCUT2D eigenvalue weighted by atomic mass is 79.9. The topological polar surface area (TPSA) is 23.6 Å². The fourth-order valence-corrected chi connectivity index (χ4v) is 2.93. The normalized spacial score (nSPS) is 19.8. The van der Waals surface area contributed by atoms with Gasteiger partial charge in [-0.2, -0.15) is 0 Å². The summed E-state index contributed by atoms with van der Waals surface area (Å²) in [6.07, 6.45) is 2.04. The molecule has 0 spiro atoms. The van der Waals surface area contributed by atoms with E-state index in [2.05, 4.69) is 20.8 Å². The van der Waals surface area contributed by atoms with Gasteiger partial charge in [-0.15, -0.1) is 0 Å². The van der Waals surface area contributed by atoms with Crippen LogP contribution in [0, 0.1) is 5.82 Å². The van der Waals surface area contributed by atoms with Crippen molar-refractivity contribution in [1.82, 2.24) is 9.80 Å². The van der Waals surface area contributed by atoms with Crippen LogP contribution < -0.4 is 0 Å². The molecule has 0 aromatic heterocycles. The molecular formula is C14H18BrFN2O. The summed E-state index contributed by atoms with van der Waals surface area (Å²) in [7, 11) is 4.02. The van der Waals surface area contributed by atoms with Crippen LogP contribution >= 0.6 is 15.9 Å². The molecule has 104 valence electrons. The Bertz CT molecular complexity index is 458. The average Bonchev–Trinajstić information content (AvgIpc) is 2.38. The van der Waals surface area contributed by atoms with Crippen molar-refractivity contribution >= 4 is 21.8 Å². The minimum absolute atomic E-state index is 0.141. The second-order valence-electron chi connectivity index (χ2n) is 5.11. The summed E-state index contributed by atoms with van der Waals surface area (Å²) in [5.74, 6) is -0.692. The second-order valence-corrected chi connectivity index (χ2v) is 5.96. The number of hydrogen-bond acceptors (Lipinski definition) is 2. The number of likely N-dealkylation sites (tertiary alicyclic amines) is 1. The van der Waals surface area contributed by atoms with Gasteiger partial charge in [0.05, 0.1) is 5.56 Å². The Morgan fingerprint density at radius 1 is 1.47 bits per heavy atom. The predicted octanol–water partition coefficient (Wildman–Crippen LogP) is 2.75. The Kier molecular flexibility index (Phi) is 4.58. The summed E-state index contributed by atoms with van der Waals surface area (Å²) >= 11 is 3.26. The van der Waals surface area contributed by atoms with Crippen LogP contribution in [0.25, 0.3) is 0 Å². The van der Waals surface area contributed by atoms with Crippen molar-refractivity contribution in [2.75, 3.05) is 27.2 Å². The van der Waals surface area contributed by atoms with E-state index in [4.69, 9.17) is 0 Å². The highest BCUT2D eigenvalue weighted by Gasteiger charge is 2.28. The van der Waals surface area contributed by atoms with E-state index >= 15 is 0 Å². The molecule has 1 atom stereocenters. The van der Waals surface area contributed by atoms with E-state index in [1.165, 1.54) is 6.07 Å². The lowest BCUT2D eigenvalue weighted by Crippen LogP contribution is -2.47. The molecule has 5 heteroatoms. The van der Waals surface area contributed by atoms with Crippen LogP contribution in [0.1, 0.15) is 23.2 Å². The van der Waals surface area contributed by atoms with Crippen LogP contribution in [0.15, 0.2) is 22.7 Å². The molecule has 1 amide bonds. The monoisotopic (exact) mass is 328 g/mol. The molecule has 1 fully saturated rings. The van der Waals surface area contributed by atoms with Gasteiger partial charge in [0, 0.05) is 23.6 Å². The van der Waals surface area contributed by atoms with Crippen molar-refractivity contribution in [1.29, 1.82) is 0 Å². The number of piperidine rings is 1. The number of rotatable bonds is 2. The lowest BCUT2D eigenvalue weighted by Gasteiger charge is -2.36. The maximum atomic E-state index is 13.8. The van der Waals surface area contributed by atoms with Crippen LogP contribution in [0.2, 0.25) is 0 Å². The van der Waals surface area contributed by atoms with Gasteiger partial charge in [-0.1, -0.05) is 6.07 Å². The Labute approximate surface area is 121 Å². The van der Waals surface area contributed by atoms with Gasteiger partial charge < -0.3 is 9.80 Å². The Hall–Kier alpha value is -0.940. The third-order valence-electron chi connectivity index (χ3n) is 3.59. The van der Waals surface area contributed by atoms with Crippen LogP contribution in [-0.2, 0) is 0 Å². The number of amides is 1. The molecule has 3 nitrogen and oxygen atoms in total. The van der Waals surface area contributed by atoms with Gasteiger partial charge in [-0.05, 0) is 55.0 Å². The van der Waals surface area contributed by atoms with Gasteiger partial charge in [0.25, 0.3) is 5.91 Å². The SMILES string of the molecule is CN(C)C1CCCN(C(=O)c2c(F)cccc2Br)C1. The van der Waals surface area contributed by atoms with Crippen molar-refractivity contribution in [2.45, 2.75) is 18.9 Å². The van der Waals surface area contributed by atoms with E-state index in [0.29, 0.717) is 23.6 Å². The Morgan fingerprint density at radius 3 is 2.84 bits per heavy atom. The Morgan fingerprint density at radius 2 is 2.21 bits per heavy atom. The fraction of sp³-hybridized carbons (Fsp3) is 0.500. The molecule has 1 saturated heterocycles. The number of nitrogens with zero attached hydrogens (tertiary/aromatic N) is 2. The summed E-state index contributed by atoms with van der Waals surface area (Å²) in [4.78, 5) is 16.3. The van der Waals surface area contributed by atoms with Gasteiger partial charge in [-0.25, -0.2) is 4.39 Å². The number of carbonyl (C=O) groups is 1. The van der Waals surface area contributed by atoms with Crippen LogP contribution in [0.5, 0.6) is 0 Å². The summed E-state index contributed by atoms with van der Waals surface area (Å²) < 4.78 is 14.3. The predicted molar refractivity (Wildman–Crippen MR) is 76.7 cm³/mol. The van der Waals surface area contributed by atoms with Gasteiger partial charge in [-0.3, -0.25) is 4.79 Å². The quantitative estimate of drug-likeness (QED) is 0.833. The molecule has 1 heterocycles. The number of likely N-dealkylation sites (N-methyl/N-ethyl adjacent to an activating group) is 1. The van der Waals surface area contributed by atoms with Crippen molar-refractivity contribution in [3.05, 3.63) is 34.1 Å². The van der Waals surface area contributed by atoms with Crippen molar-refractivity contribution in [3.63, 3.8) is 0 Å². The third-order valence-corrected chi connectivity index (χ3v) is 4.25. The zero-order valence-electron chi connectivity index (χ0n) is 11.2. The van der Waals surface area contributed by atoms with E-state index in [0.717, 1.165) is 12.8 Å². The molecule has 2 rings (SSSR count). The molecule has 1 aliphatic heterocycles. The van der Waals surface area contributed by atoms with Gasteiger partial charge >= 0.3 is 0 Å². The maximum absolute atomic E-state index is 13.8. The molecule has 1 aliphatic rings. The largest absolute Gasteiger partial charge is 0.337 e. The Balaban J connectivity index is 2.20. The molecule has 0 radical (unpaired) electrons. The molecule has 0 bridgehead atoms. The fourth-order valence-electron chi connectivity index (χ4n) is 2.42. The van der Waals surface area contributed by atoms with E-state index in [1.807, 2.05) is 14.1 Å². The molecule has 1 aromatic carbocycles. The molecule has 0 saturated carbocycles. The van der Waals surface area contributed by atoms with Crippen LogP contribution in [-0.4, -0.2) is 48.9 Å². The lowest BCUT2D eigenvalue weighted by atomic mass is 10.0. The standard InChI is InChI=1S/C14H18BrFN2O/c1-17(2)10-5-4-8-18(9-10)14(19)13-11(15)6-3-7-12(13)16/h3,6-7,10H,4-5,8-9H2,1-2H3. The molecule has 0 aliphatic carbocycles. The van der Waals surface area contributed by atoms with E-state index < -0.39 is 5.82 Å². The van der Waals surface area contributed by atoms with Crippen LogP contribution in [0.4, 0.5) is 4.39 Å². The molecule has 19 heavy (non-hydrogen) atoms. The first-order valence-electron chi connectivity index (χ1n) is 6.40. The summed E-state index contributed by atoms with van der Waals surface area (Å²) in [6.45, 7) is 1.36. The number of benzene rings is 1. The number of carbonyl (C=O) groups excluding carboxylic acids is 1. The maximum Gasteiger partial charge on any atom is 0.258 e. The number of hydrogen-bond donors (Lipinski definition) is 0. The van der Waals surface area contributed by atoms with Gasteiger partial charge in [0.1, 0.15) is 5.82 Å². The van der Waals surface area contributed by atoms with Crippen molar-refractivity contribution < 1.29 is 9.18 Å². The minimum Gasteiger partial charge on any atom is -0.337 e. The van der Waals surface area contributed by atoms with Gasteiger partial charge in [0.2, 0.25) is 0 Å². The minimum atomic E-state index is -0.466. The first-order chi connectivity index (χ1) is 9.00. The van der Waals surface area contributed by atoms with Crippen molar-refractivity contribution in [3.8, 4) is 0 Å². The van der Waals surface area contributed by atoms with E-state index in [-0.39, 0.29) is 11.5 Å². The van der Waals surface area contributed by atoms with Gasteiger partial charge in [0.15, 0.2) is 0 Å². The van der Waals surface area contributed by atoms with E-state index in [9.17, 15) is 9.18 Å². The lowest BCUT2D eigenvalue weighted by molar-refractivity contribution is 0.0629. The first kappa shape index (κ1) is 14.5. The molecular weight excluding hydrogens is 311 g/mol. The highest BCUT2D eigenvalue weighted by molar-refractivity contribution is 9.10. The van der Waals surface area contributed by atoms with Crippen LogP contribution in [0.3, 0.4) is 0 Å². The third kappa shape index (κ3) is 3.15. The van der Waals surface area contributed by atoms with Crippen molar-refractivity contribution in [2.24, 2.45) is 0 Å². The zero-order chi connectivity index (χ0) is 14.0. The molecule has 1 aromatic rings. The number of halogens is 2. The summed E-state index contributed by atoms with van der Waals surface area (Å²) in [6, 6.07) is 4.97. The summed E-state index contributed by atoms with van der Waals surface area (Å²) in [5.41, 5.74) is 0.141. The second kappa shape index (κ2) is 6.01. The summed E-state index contributed by atoms with van der Waals surface area (Å²) in [5, 5.41) is 0.